The maximum Gasteiger partial charge on any atom is 0.107 e. The number of imidazole rings is 1. The predicted molar refractivity (Wildman–Crippen MR) is 83.0 cm³/mol. The van der Waals surface area contributed by atoms with Crippen molar-refractivity contribution in [3.63, 3.8) is 0 Å². The van der Waals surface area contributed by atoms with E-state index in [2.05, 4.69) is 48.2 Å². The molecule has 2 aromatic rings. The number of benzene rings is 1. The van der Waals surface area contributed by atoms with Crippen LogP contribution in [0.4, 0.5) is 0 Å². The first kappa shape index (κ1) is 13.4. The lowest BCUT2D eigenvalue weighted by molar-refractivity contribution is 0.669. The third-order valence-electron chi connectivity index (χ3n) is 3.95. The van der Waals surface area contributed by atoms with Gasteiger partial charge in [0, 0.05) is 24.6 Å². The fourth-order valence-electron chi connectivity index (χ4n) is 2.90. The van der Waals surface area contributed by atoms with Crippen molar-refractivity contribution in [1.29, 1.82) is 0 Å². The van der Waals surface area contributed by atoms with E-state index in [1.165, 1.54) is 35.1 Å². The van der Waals surface area contributed by atoms with Gasteiger partial charge in [0.2, 0.25) is 0 Å². The second-order valence-corrected chi connectivity index (χ2v) is 6.00. The van der Waals surface area contributed by atoms with Crippen molar-refractivity contribution >= 4 is 0 Å². The highest BCUT2D eigenvalue weighted by atomic mass is 15.0. The van der Waals surface area contributed by atoms with Crippen LogP contribution >= 0.6 is 0 Å². The molecule has 1 saturated carbocycles. The van der Waals surface area contributed by atoms with Crippen LogP contribution in [0.5, 0.6) is 0 Å². The summed E-state index contributed by atoms with van der Waals surface area (Å²) in [7, 11) is 0. The number of H-pyrrole nitrogens is 1. The highest BCUT2D eigenvalue weighted by Crippen LogP contribution is 2.27. The number of aryl methyl sites for hydroxylation is 3. The average Bonchev–Trinajstić information content (AvgIpc) is 3.07. The minimum Gasteiger partial charge on any atom is -0.342 e. The lowest BCUT2D eigenvalue weighted by Gasteiger charge is -2.09. The van der Waals surface area contributed by atoms with E-state index in [4.69, 9.17) is 0 Å². The van der Waals surface area contributed by atoms with E-state index >= 15 is 0 Å². The van der Waals surface area contributed by atoms with Gasteiger partial charge in [-0.25, -0.2) is 4.98 Å². The van der Waals surface area contributed by atoms with Crippen molar-refractivity contribution in [1.82, 2.24) is 15.3 Å². The fraction of sp³-hybridized carbons (Fsp3) is 0.471. The normalized spacial score (nSPS) is 14.8. The van der Waals surface area contributed by atoms with Gasteiger partial charge >= 0.3 is 0 Å². The first-order valence-electron chi connectivity index (χ1n) is 7.49. The van der Waals surface area contributed by atoms with Crippen LogP contribution in [-0.4, -0.2) is 22.6 Å². The minimum absolute atomic E-state index is 0.769. The van der Waals surface area contributed by atoms with Crippen molar-refractivity contribution in [2.75, 3.05) is 6.54 Å². The Morgan fingerprint density at radius 1 is 1.20 bits per heavy atom. The van der Waals surface area contributed by atoms with E-state index in [0.717, 1.165) is 30.5 Å². The second kappa shape index (κ2) is 5.41. The van der Waals surface area contributed by atoms with Gasteiger partial charge in [0.05, 0.1) is 11.9 Å². The van der Waals surface area contributed by atoms with Gasteiger partial charge in [-0.3, -0.25) is 0 Å². The summed E-state index contributed by atoms with van der Waals surface area (Å²) in [5.41, 5.74) is 6.38. The van der Waals surface area contributed by atoms with Gasteiger partial charge in [0.25, 0.3) is 0 Å². The Balaban J connectivity index is 1.75. The zero-order valence-electron chi connectivity index (χ0n) is 12.6. The van der Waals surface area contributed by atoms with E-state index in [-0.39, 0.29) is 0 Å². The van der Waals surface area contributed by atoms with E-state index < -0.39 is 0 Å². The monoisotopic (exact) mass is 269 g/mol. The summed E-state index contributed by atoms with van der Waals surface area (Å²) in [6.45, 7) is 7.50. The summed E-state index contributed by atoms with van der Waals surface area (Å²) in [5.74, 6) is 1.08. The molecule has 106 valence electrons. The Labute approximate surface area is 120 Å². The third kappa shape index (κ3) is 2.93. The molecule has 1 aromatic heterocycles. The number of nitrogens with zero attached hydrogens (tertiary/aromatic N) is 1. The van der Waals surface area contributed by atoms with Crippen LogP contribution in [0.2, 0.25) is 0 Å². The summed E-state index contributed by atoms with van der Waals surface area (Å²) >= 11 is 0. The van der Waals surface area contributed by atoms with Gasteiger partial charge in [0.15, 0.2) is 0 Å². The molecule has 20 heavy (non-hydrogen) atoms. The zero-order valence-corrected chi connectivity index (χ0v) is 12.6. The van der Waals surface area contributed by atoms with Gasteiger partial charge in [-0.05, 0) is 44.7 Å². The fourth-order valence-corrected chi connectivity index (χ4v) is 2.90. The highest BCUT2D eigenvalue weighted by molar-refractivity contribution is 5.67. The zero-order chi connectivity index (χ0) is 14.1. The minimum atomic E-state index is 0.769. The van der Waals surface area contributed by atoms with E-state index in [9.17, 15) is 0 Å². The van der Waals surface area contributed by atoms with Crippen LogP contribution in [-0.2, 0) is 6.42 Å². The molecule has 1 heterocycles. The summed E-state index contributed by atoms with van der Waals surface area (Å²) in [5, 5.41) is 3.52. The summed E-state index contributed by atoms with van der Waals surface area (Å²) in [6, 6.07) is 5.24. The van der Waals surface area contributed by atoms with Crippen LogP contribution in [0.15, 0.2) is 18.3 Å². The lowest BCUT2D eigenvalue weighted by Crippen LogP contribution is -2.19. The Morgan fingerprint density at radius 2 is 1.90 bits per heavy atom. The van der Waals surface area contributed by atoms with E-state index in [1.807, 2.05) is 6.20 Å². The molecule has 3 heteroatoms. The lowest BCUT2D eigenvalue weighted by atomic mass is 9.98. The maximum atomic E-state index is 4.52. The van der Waals surface area contributed by atoms with Crippen LogP contribution < -0.4 is 5.32 Å². The Kier molecular flexibility index (Phi) is 3.62. The molecule has 1 fully saturated rings. The molecule has 0 bridgehead atoms. The van der Waals surface area contributed by atoms with E-state index in [0.29, 0.717) is 0 Å². The van der Waals surface area contributed by atoms with Gasteiger partial charge < -0.3 is 10.3 Å². The van der Waals surface area contributed by atoms with Crippen molar-refractivity contribution in [3.05, 3.63) is 40.8 Å². The molecule has 0 spiro atoms. The largest absolute Gasteiger partial charge is 0.342 e. The molecule has 0 radical (unpaired) electrons. The topological polar surface area (TPSA) is 40.7 Å². The molecule has 1 aliphatic rings. The number of aromatic nitrogens is 2. The van der Waals surface area contributed by atoms with Gasteiger partial charge in [-0.2, -0.15) is 0 Å². The average molecular weight is 269 g/mol. The number of hydrogen-bond acceptors (Lipinski definition) is 2. The molecule has 1 aromatic carbocycles. The summed E-state index contributed by atoms with van der Waals surface area (Å²) in [4.78, 5) is 7.99. The third-order valence-corrected chi connectivity index (χ3v) is 3.95. The molecule has 0 unspecified atom stereocenters. The molecule has 1 aliphatic carbocycles. The summed E-state index contributed by atoms with van der Waals surface area (Å²) in [6.07, 6.45) is 5.62. The summed E-state index contributed by atoms with van der Waals surface area (Å²) < 4.78 is 0. The highest BCUT2D eigenvalue weighted by Gasteiger charge is 2.19. The Hall–Kier alpha value is -1.61. The van der Waals surface area contributed by atoms with Crippen molar-refractivity contribution in [2.24, 2.45) is 0 Å². The quantitative estimate of drug-likeness (QED) is 0.874. The van der Waals surface area contributed by atoms with Crippen LogP contribution in [0, 0.1) is 20.8 Å². The Bertz CT molecular complexity index is 585. The number of nitrogens with one attached hydrogen (secondary N) is 2. The number of hydrogen-bond donors (Lipinski definition) is 2. The number of aromatic amines is 1. The SMILES string of the molecule is Cc1cc(C)c(-c2cnc(CCNC3CC3)[nH]2)c(C)c1. The predicted octanol–water partition coefficient (Wildman–Crippen LogP) is 3.30. The van der Waals surface area contributed by atoms with Crippen LogP contribution in [0.1, 0.15) is 35.4 Å². The first-order chi connectivity index (χ1) is 9.63. The smallest absolute Gasteiger partial charge is 0.107 e. The molecular formula is C17H23N3. The van der Waals surface area contributed by atoms with Gasteiger partial charge in [-0.1, -0.05) is 17.7 Å². The van der Waals surface area contributed by atoms with Crippen molar-refractivity contribution in [2.45, 2.75) is 46.1 Å². The van der Waals surface area contributed by atoms with Crippen LogP contribution in [0.25, 0.3) is 11.3 Å². The second-order valence-electron chi connectivity index (χ2n) is 6.00. The Morgan fingerprint density at radius 3 is 2.55 bits per heavy atom. The molecule has 0 aliphatic heterocycles. The molecule has 0 amide bonds. The first-order valence-corrected chi connectivity index (χ1v) is 7.49. The standard InChI is InChI=1S/C17H23N3/c1-11-8-12(2)17(13(3)9-11)15-10-19-16(20-15)6-7-18-14-4-5-14/h8-10,14,18H,4-7H2,1-3H3,(H,19,20). The van der Waals surface area contributed by atoms with E-state index in [1.54, 1.807) is 0 Å². The number of rotatable bonds is 5. The molecule has 2 N–H and O–H groups in total. The van der Waals surface area contributed by atoms with Crippen LogP contribution in [0.3, 0.4) is 0 Å². The van der Waals surface area contributed by atoms with Gasteiger partial charge in [-0.15, -0.1) is 0 Å². The van der Waals surface area contributed by atoms with Crippen molar-refractivity contribution in [3.8, 4) is 11.3 Å². The van der Waals surface area contributed by atoms with Crippen molar-refractivity contribution < 1.29 is 0 Å². The molecular weight excluding hydrogens is 246 g/mol. The van der Waals surface area contributed by atoms with Gasteiger partial charge in [0.1, 0.15) is 5.82 Å². The molecule has 3 rings (SSSR count). The molecule has 3 nitrogen and oxygen atoms in total. The molecule has 0 saturated heterocycles. The molecule has 0 atom stereocenters. The maximum absolute atomic E-state index is 4.52.